The minimum absolute atomic E-state index is 0.0602. The molecule has 3 fully saturated rings. The number of piperazine rings is 1. The van der Waals surface area contributed by atoms with Gasteiger partial charge < -0.3 is 9.80 Å². The normalized spacial score (nSPS) is 28.0. The number of H-pyrrole nitrogens is 1. The maximum atomic E-state index is 12.9. The molecular weight excluding hydrogens is 344 g/mol. The molecule has 1 N–H and O–H groups in total. The van der Waals surface area contributed by atoms with Crippen LogP contribution in [0.1, 0.15) is 48.3 Å². The van der Waals surface area contributed by atoms with Crippen LogP contribution in [0.2, 0.25) is 0 Å². The highest BCUT2D eigenvalue weighted by Gasteiger charge is 2.49. The summed E-state index contributed by atoms with van der Waals surface area (Å²) in [4.78, 5) is 28.3. The molecule has 0 unspecified atom stereocenters. The van der Waals surface area contributed by atoms with Gasteiger partial charge in [0.1, 0.15) is 5.69 Å². The van der Waals surface area contributed by atoms with Gasteiger partial charge in [0.25, 0.3) is 5.91 Å². The second-order valence-corrected chi connectivity index (χ2v) is 9.29. The molecule has 2 amide bonds. The highest BCUT2D eigenvalue weighted by Crippen LogP contribution is 2.39. The largest absolute Gasteiger partial charge is 0.335 e. The Bertz CT molecular complexity index is 814. The summed E-state index contributed by atoms with van der Waals surface area (Å²) in [7, 11) is -3.27. The van der Waals surface area contributed by atoms with Gasteiger partial charge in [-0.05, 0) is 18.9 Å². The lowest BCUT2D eigenvalue weighted by Gasteiger charge is -2.43. The Balaban J connectivity index is 1.59. The fourth-order valence-electron chi connectivity index (χ4n) is 3.91. The third kappa shape index (κ3) is 2.94. The Hall–Kier alpha value is -1.90. The number of hydrogen-bond acceptors (Lipinski definition) is 5. The molecule has 1 aromatic rings. The Labute approximate surface area is 146 Å². The van der Waals surface area contributed by atoms with E-state index in [4.69, 9.17) is 0 Å². The van der Waals surface area contributed by atoms with Crippen LogP contribution < -0.4 is 0 Å². The Morgan fingerprint density at radius 2 is 1.84 bits per heavy atom. The average molecular weight is 366 g/mol. The van der Waals surface area contributed by atoms with E-state index in [0.717, 1.165) is 18.5 Å². The number of aromatic nitrogens is 2. The quantitative estimate of drug-likeness (QED) is 0.820. The number of rotatable bonds is 3. The van der Waals surface area contributed by atoms with Crippen molar-refractivity contribution in [3.8, 4) is 0 Å². The SMILES string of the molecule is CCC(=O)N1CCN(C(=O)c2cc(C3CC3)[nH]n2)[C@H]2CS(=O)(=O)C[C@H]21. The van der Waals surface area contributed by atoms with Crippen molar-refractivity contribution in [3.05, 3.63) is 17.5 Å². The molecule has 2 saturated heterocycles. The van der Waals surface area contributed by atoms with Crippen molar-refractivity contribution in [1.82, 2.24) is 20.0 Å². The zero-order chi connectivity index (χ0) is 17.8. The molecule has 2 aliphatic heterocycles. The summed E-state index contributed by atoms with van der Waals surface area (Å²) >= 11 is 0. The summed E-state index contributed by atoms with van der Waals surface area (Å²) < 4.78 is 24.3. The molecule has 2 atom stereocenters. The van der Waals surface area contributed by atoms with E-state index in [0.29, 0.717) is 31.1 Å². The highest BCUT2D eigenvalue weighted by molar-refractivity contribution is 7.91. The Morgan fingerprint density at radius 1 is 1.20 bits per heavy atom. The van der Waals surface area contributed by atoms with E-state index >= 15 is 0 Å². The molecule has 1 aliphatic carbocycles. The smallest absolute Gasteiger partial charge is 0.274 e. The molecule has 4 rings (SSSR count). The molecule has 25 heavy (non-hydrogen) atoms. The van der Waals surface area contributed by atoms with E-state index < -0.39 is 21.9 Å². The van der Waals surface area contributed by atoms with Crippen LogP contribution in [0.15, 0.2) is 6.07 Å². The fraction of sp³-hybridized carbons (Fsp3) is 0.688. The first-order valence-corrected chi connectivity index (χ1v) is 10.6. The molecule has 0 spiro atoms. The van der Waals surface area contributed by atoms with Gasteiger partial charge in [0.2, 0.25) is 5.91 Å². The van der Waals surface area contributed by atoms with Crippen molar-refractivity contribution in [1.29, 1.82) is 0 Å². The lowest BCUT2D eigenvalue weighted by atomic mass is 10.0. The lowest BCUT2D eigenvalue weighted by molar-refractivity contribution is -0.135. The maximum Gasteiger partial charge on any atom is 0.274 e. The maximum absolute atomic E-state index is 12.9. The molecule has 0 aromatic carbocycles. The fourth-order valence-corrected chi connectivity index (χ4v) is 5.90. The van der Waals surface area contributed by atoms with Crippen LogP contribution in [0, 0.1) is 0 Å². The standard InChI is InChI=1S/C16H22N4O4S/c1-2-15(21)19-5-6-20(14-9-25(23,24)8-13(14)19)16(22)12-7-11(17-18-12)10-3-4-10/h7,10,13-14H,2-6,8-9H2,1H3,(H,17,18)/t13-,14+/m1/s1. The topological polar surface area (TPSA) is 103 Å². The van der Waals surface area contributed by atoms with Gasteiger partial charge in [-0.15, -0.1) is 0 Å². The molecule has 8 nitrogen and oxygen atoms in total. The zero-order valence-corrected chi connectivity index (χ0v) is 15.0. The van der Waals surface area contributed by atoms with Crippen LogP contribution in [-0.4, -0.2) is 76.9 Å². The zero-order valence-electron chi connectivity index (χ0n) is 14.1. The van der Waals surface area contributed by atoms with Crippen LogP contribution in [0.4, 0.5) is 0 Å². The molecule has 3 aliphatic rings. The third-order valence-corrected chi connectivity index (χ3v) is 7.09. The minimum Gasteiger partial charge on any atom is -0.335 e. The molecule has 1 saturated carbocycles. The van der Waals surface area contributed by atoms with E-state index in [1.807, 2.05) is 0 Å². The van der Waals surface area contributed by atoms with Crippen molar-refractivity contribution in [2.75, 3.05) is 24.6 Å². The number of amides is 2. The van der Waals surface area contributed by atoms with Crippen molar-refractivity contribution < 1.29 is 18.0 Å². The summed E-state index contributed by atoms with van der Waals surface area (Å²) in [5.41, 5.74) is 1.30. The van der Waals surface area contributed by atoms with Gasteiger partial charge in [-0.2, -0.15) is 5.10 Å². The van der Waals surface area contributed by atoms with Crippen molar-refractivity contribution >= 4 is 21.7 Å². The van der Waals surface area contributed by atoms with Gasteiger partial charge in [0, 0.05) is 31.1 Å². The second-order valence-electron chi connectivity index (χ2n) is 7.13. The lowest BCUT2D eigenvalue weighted by Crippen LogP contribution is -2.61. The van der Waals surface area contributed by atoms with E-state index in [1.54, 1.807) is 22.8 Å². The third-order valence-electron chi connectivity index (χ3n) is 5.39. The first-order valence-electron chi connectivity index (χ1n) is 8.76. The molecule has 9 heteroatoms. The molecular formula is C16H22N4O4S. The number of sulfone groups is 1. The van der Waals surface area contributed by atoms with Crippen LogP contribution in [0.25, 0.3) is 0 Å². The summed E-state index contributed by atoms with van der Waals surface area (Å²) in [5.74, 6) is -0.000698. The number of aromatic amines is 1. The molecule has 1 aromatic heterocycles. The van der Waals surface area contributed by atoms with E-state index in [1.165, 1.54) is 0 Å². The summed E-state index contributed by atoms with van der Waals surface area (Å²) in [6, 6.07) is 0.849. The predicted octanol–water partition coefficient (Wildman–Crippen LogP) is 0.147. The van der Waals surface area contributed by atoms with Crippen molar-refractivity contribution in [2.24, 2.45) is 0 Å². The molecule has 3 heterocycles. The first-order chi connectivity index (χ1) is 11.9. The van der Waals surface area contributed by atoms with Gasteiger partial charge in [-0.25, -0.2) is 8.42 Å². The van der Waals surface area contributed by atoms with Crippen LogP contribution >= 0.6 is 0 Å². The van der Waals surface area contributed by atoms with Gasteiger partial charge in [-0.3, -0.25) is 14.7 Å². The minimum atomic E-state index is -3.27. The summed E-state index contributed by atoms with van der Waals surface area (Å²) in [6.45, 7) is 2.48. The van der Waals surface area contributed by atoms with Crippen LogP contribution in [-0.2, 0) is 14.6 Å². The summed E-state index contributed by atoms with van der Waals surface area (Å²) in [5, 5.41) is 7.05. The second kappa shape index (κ2) is 5.82. The van der Waals surface area contributed by atoms with Gasteiger partial charge in [0.15, 0.2) is 9.84 Å². The van der Waals surface area contributed by atoms with Crippen molar-refractivity contribution in [2.45, 2.75) is 44.2 Å². The number of nitrogens with one attached hydrogen (secondary N) is 1. The average Bonchev–Trinajstić information content (AvgIpc) is 3.21. The first kappa shape index (κ1) is 16.6. The number of carbonyl (C=O) groups is 2. The molecule has 0 bridgehead atoms. The number of nitrogens with zero attached hydrogens (tertiary/aromatic N) is 3. The highest BCUT2D eigenvalue weighted by atomic mass is 32.2. The van der Waals surface area contributed by atoms with Gasteiger partial charge in [0.05, 0.1) is 23.6 Å². The number of carbonyl (C=O) groups excluding carboxylic acids is 2. The van der Waals surface area contributed by atoms with Gasteiger partial charge in [-0.1, -0.05) is 6.92 Å². The van der Waals surface area contributed by atoms with Crippen molar-refractivity contribution in [3.63, 3.8) is 0 Å². The predicted molar refractivity (Wildman–Crippen MR) is 89.8 cm³/mol. The van der Waals surface area contributed by atoms with Crippen LogP contribution in [0.3, 0.4) is 0 Å². The van der Waals surface area contributed by atoms with E-state index in [-0.39, 0.29) is 23.3 Å². The van der Waals surface area contributed by atoms with Crippen LogP contribution in [0.5, 0.6) is 0 Å². The Morgan fingerprint density at radius 3 is 2.48 bits per heavy atom. The number of fused-ring (bicyclic) bond motifs is 1. The summed E-state index contributed by atoms with van der Waals surface area (Å²) in [6.07, 6.45) is 2.55. The molecule has 0 radical (unpaired) electrons. The number of hydrogen-bond donors (Lipinski definition) is 1. The van der Waals surface area contributed by atoms with E-state index in [2.05, 4.69) is 10.2 Å². The van der Waals surface area contributed by atoms with E-state index in [9.17, 15) is 18.0 Å². The monoisotopic (exact) mass is 366 g/mol. The Kier molecular flexibility index (Phi) is 3.86. The molecule has 136 valence electrons. The van der Waals surface area contributed by atoms with Gasteiger partial charge >= 0.3 is 0 Å².